The van der Waals surface area contributed by atoms with Crippen LogP contribution in [0, 0.1) is 6.92 Å². The van der Waals surface area contributed by atoms with Gasteiger partial charge in [-0.2, -0.15) is 18.3 Å². The molecule has 0 fully saturated rings. The summed E-state index contributed by atoms with van der Waals surface area (Å²) in [6.07, 6.45) is -2.20. The third-order valence-corrected chi connectivity index (χ3v) is 5.04. The van der Waals surface area contributed by atoms with E-state index in [-0.39, 0.29) is 17.4 Å². The van der Waals surface area contributed by atoms with Crippen molar-refractivity contribution < 1.29 is 27.6 Å². The molecule has 3 aromatic rings. The van der Waals surface area contributed by atoms with Gasteiger partial charge in [0.05, 0.1) is 18.2 Å². The number of carbonyl (C=O) groups excluding carboxylic acids is 2. The Bertz CT molecular complexity index is 1190. The van der Waals surface area contributed by atoms with Gasteiger partial charge in [0.15, 0.2) is 5.82 Å². The lowest BCUT2D eigenvalue weighted by Crippen LogP contribution is -2.32. The molecule has 12 heteroatoms. The fraction of sp³-hybridized carbons (Fsp3) is 0.333. The largest absolute Gasteiger partial charge is 0.419 e. The van der Waals surface area contributed by atoms with Gasteiger partial charge in [0.2, 0.25) is 0 Å². The number of halogens is 3. The van der Waals surface area contributed by atoms with Crippen molar-refractivity contribution in [2.24, 2.45) is 0 Å². The van der Waals surface area contributed by atoms with E-state index in [0.717, 1.165) is 17.0 Å². The van der Waals surface area contributed by atoms with Gasteiger partial charge in [0.25, 0.3) is 11.8 Å². The molecule has 9 nitrogen and oxygen atoms in total. The summed E-state index contributed by atoms with van der Waals surface area (Å²) in [6.45, 7) is 5.22. The molecule has 1 atom stereocenters. The van der Waals surface area contributed by atoms with Crippen molar-refractivity contribution >= 4 is 28.8 Å². The third-order valence-electron chi connectivity index (χ3n) is 5.04. The Morgan fingerprint density at radius 3 is 2.61 bits per heavy atom. The van der Waals surface area contributed by atoms with Crippen molar-refractivity contribution in [1.29, 1.82) is 0 Å². The van der Waals surface area contributed by atoms with E-state index in [1.54, 1.807) is 26.0 Å². The van der Waals surface area contributed by atoms with Crippen LogP contribution in [0.4, 0.5) is 24.7 Å². The highest BCUT2D eigenvalue weighted by atomic mass is 19.4. The molecule has 0 aliphatic heterocycles. The van der Waals surface area contributed by atoms with E-state index in [2.05, 4.69) is 31.0 Å². The molecule has 0 saturated carbocycles. The molecule has 0 spiro atoms. The highest BCUT2D eigenvalue weighted by molar-refractivity contribution is 6.00. The average molecular weight is 464 g/mol. The van der Waals surface area contributed by atoms with Gasteiger partial charge in [-0.3, -0.25) is 14.4 Å². The molecule has 2 amide bonds. The normalized spacial score (nSPS) is 12.5. The molecule has 2 aromatic heterocycles. The number of benzene rings is 1. The molecule has 0 aliphatic carbocycles. The van der Waals surface area contributed by atoms with Crippen LogP contribution < -0.4 is 16.1 Å². The first-order chi connectivity index (χ1) is 15.6. The first kappa shape index (κ1) is 24.0. The number of aryl methyl sites for hydroxylation is 1. The van der Waals surface area contributed by atoms with Crippen LogP contribution in [0.3, 0.4) is 0 Å². The fourth-order valence-electron chi connectivity index (χ4n) is 3.14. The van der Waals surface area contributed by atoms with Gasteiger partial charge in [-0.1, -0.05) is 13.0 Å². The maximum atomic E-state index is 14.1. The smallest absolute Gasteiger partial charge is 0.350 e. The Morgan fingerprint density at radius 1 is 1.24 bits per heavy atom. The predicted octanol–water partition coefficient (Wildman–Crippen LogP) is 3.62. The standard InChI is InChI=1S/C21H23F3N6O3/c1-5-12(3)27-20(32)14-9-30-17(16(14)21(22,23)24)18(25-10-26-30)28-15-8-13(7-6-11(15)2)19(31)29-33-4/h6-10,12H,5H2,1-4H3,(H,27,32)(H,29,31)(H,25,26,28)/t12-/m0/s1. The minimum atomic E-state index is -4.85. The summed E-state index contributed by atoms with van der Waals surface area (Å²) >= 11 is 0. The second-order valence-electron chi connectivity index (χ2n) is 7.39. The molecule has 0 bridgehead atoms. The van der Waals surface area contributed by atoms with Crippen molar-refractivity contribution in [3.8, 4) is 0 Å². The van der Waals surface area contributed by atoms with Crippen molar-refractivity contribution in [2.45, 2.75) is 39.4 Å². The molecular weight excluding hydrogens is 441 g/mol. The van der Waals surface area contributed by atoms with Crippen molar-refractivity contribution in [3.63, 3.8) is 0 Å². The number of fused-ring (bicyclic) bond motifs is 1. The van der Waals surface area contributed by atoms with Crippen LogP contribution in [-0.2, 0) is 11.0 Å². The van der Waals surface area contributed by atoms with Crippen LogP contribution in [0.2, 0.25) is 0 Å². The molecule has 0 aliphatic rings. The number of amides is 2. The number of hydroxylamine groups is 1. The number of hydrogen-bond acceptors (Lipinski definition) is 6. The second-order valence-corrected chi connectivity index (χ2v) is 7.39. The molecule has 176 valence electrons. The van der Waals surface area contributed by atoms with E-state index < -0.39 is 34.6 Å². The van der Waals surface area contributed by atoms with E-state index in [9.17, 15) is 22.8 Å². The Kier molecular flexibility index (Phi) is 6.86. The first-order valence-electron chi connectivity index (χ1n) is 10.0. The predicted molar refractivity (Wildman–Crippen MR) is 114 cm³/mol. The summed E-state index contributed by atoms with van der Waals surface area (Å²) in [5, 5.41) is 9.25. The number of anilines is 2. The van der Waals surface area contributed by atoms with Crippen LogP contribution in [0.15, 0.2) is 30.7 Å². The number of alkyl halides is 3. The topological polar surface area (TPSA) is 110 Å². The summed E-state index contributed by atoms with van der Waals surface area (Å²) in [5.74, 6) is -1.56. The Morgan fingerprint density at radius 2 is 1.97 bits per heavy atom. The zero-order valence-electron chi connectivity index (χ0n) is 18.4. The van der Waals surface area contributed by atoms with Crippen molar-refractivity contribution in [2.75, 3.05) is 12.4 Å². The highest BCUT2D eigenvalue weighted by Crippen LogP contribution is 2.39. The quantitative estimate of drug-likeness (QED) is 0.461. The summed E-state index contributed by atoms with van der Waals surface area (Å²) in [5.41, 5.74) is 1.26. The van der Waals surface area contributed by atoms with Gasteiger partial charge in [0.1, 0.15) is 11.8 Å². The van der Waals surface area contributed by atoms with Crippen LogP contribution in [0.1, 0.15) is 52.1 Å². The lowest BCUT2D eigenvalue weighted by atomic mass is 10.1. The number of nitrogens with zero attached hydrogens (tertiary/aromatic N) is 3. The van der Waals surface area contributed by atoms with Crippen LogP contribution >= 0.6 is 0 Å². The lowest BCUT2D eigenvalue weighted by Gasteiger charge is -2.15. The van der Waals surface area contributed by atoms with Crippen LogP contribution in [0.5, 0.6) is 0 Å². The molecule has 0 saturated heterocycles. The molecule has 1 aromatic carbocycles. The number of aromatic nitrogens is 3. The SMILES string of the molecule is CC[C@H](C)NC(=O)c1cn2ncnc(Nc3cc(C(=O)NOC)ccc3C)c2c1C(F)(F)F. The summed E-state index contributed by atoms with van der Waals surface area (Å²) in [6, 6.07) is 4.31. The van der Waals surface area contributed by atoms with E-state index in [0.29, 0.717) is 17.7 Å². The Balaban J connectivity index is 2.13. The van der Waals surface area contributed by atoms with E-state index in [1.807, 2.05) is 6.92 Å². The van der Waals surface area contributed by atoms with Gasteiger partial charge in [-0.05, 0) is 38.0 Å². The van der Waals surface area contributed by atoms with E-state index in [1.165, 1.54) is 13.2 Å². The molecular formula is C21H23F3N6O3. The lowest BCUT2D eigenvalue weighted by molar-refractivity contribution is -0.136. The monoisotopic (exact) mass is 464 g/mol. The number of hydrogen-bond donors (Lipinski definition) is 3. The number of rotatable bonds is 7. The van der Waals surface area contributed by atoms with Crippen LogP contribution in [0.25, 0.3) is 5.52 Å². The summed E-state index contributed by atoms with van der Waals surface area (Å²) < 4.78 is 43.3. The van der Waals surface area contributed by atoms with E-state index >= 15 is 0 Å². The third kappa shape index (κ3) is 5.06. The fourth-order valence-corrected chi connectivity index (χ4v) is 3.14. The van der Waals surface area contributed by atoms with Crippen LogP contribution in [-0.4, -0.2) is 39.6 Å². The maximum absolute atomic E-state index is 14.1. The zero-order chi connectivity index (χ0) is 24.3. The number of nitrogens with one attached hydrogen (secondary N) is 3. The molecule has 33 heavy (non-hydrogen) atoms. The van der Waals surface area contributed by atoms with E-state index in [4.69, 9.17) is 0 Å². The first-order valence-corrected chi connectivity index (χ1v) is 10.0. The second kappa shape index (κ2) is 9.45. The number of carbonyl (C=O) groups is 2. The molecule has 3 rings (SSSR count). The van der Waals surface area contributed by atoms with Gasteiger partial charge in [0, 0.05) is 23.5 Å². The molecule has 0 unspecified atom stereocenters. The van der Waals surface area contributed by atoms with Gasteiger partial charge >= 0.3 is 6.18 Å². The van der Waals surface area contributed by atoms with Gasteiger partial charge in [-0.25, -0.2) is 15.0 Å². The molecule has 0 radical (unpaired) electrons. The Labute approximate surface area is 187 Å². The van der Waals surface area contributed by atoms with Gasteiger partial charge in [-0.15, -0.1) is 0 Å². The van der Waals surface area contributed by atoms with Crippen molar-refractivity contribution in [1.82, 2.24) is 25.4 Å². The average Bonchev–Trinajstić information content (AvgIpc) is 3.16. The summed E-state index contributed by atoms with van der Waals surface area (Å²) in [4.78, 5) is 33.3. The van der Waals surface area contributed by atoms with Gasteiger partial charge < -0.3 is 10.6 Å². The minimum Gasteiger partial charge on any atom is -0.350 e. The molecule has 3 N–H and O–H groups in total. The zero-order valence-corrected chi connectivity index (χ0v) is 18.4. The Hall–Kier alpha value is -3.67. The maximum Gasteiger partial charge on any atom is 0.419 e. The van der Waals surface area contributed by atoms with Crippen molar-refractivity contribution in [3.05, 3.63) is 53.0 Å². The molecule has 2 heterocycles. The minimum absolute atomic E-state index is 0.174. The summed E-state index contributed by atoms with van der Waals surface area (Å²) in [7, 11) is 1.28. The highest BCUT2D eigenvalue weighted by Gasteiger charge is 2.40.